The number of aliphatic hydroxyl groups excluding tert-OH is 1. The minimum absolute atomic E-state index is 0.108. The van der Waals surface area contributed by atoms with Crippen LogP contribution in [0.3, 0.4) is 0 Å². The highest BCUT2D eigenvalue weighted by atomic mass is 31.2. The van der Waals surface area contributed by atoms with Crippen LogP contribution in [0.4, 0.5) is 0 Å². The number of hydrogen-bond donors (Lipinski definition) is 3. The molecular weight excluding hydrogens is 1390 g/mol. The summed E-state index contributed by atoms with van der Waals surface area (Å²) in [6.07, 6.45) is 72.2. The molecule has 2 unspecified atom stereocenters. The van der Waals surface area contributed by atoms with Gasteiger partial charge >= 0.3 is 39.5 Å². The summed E-state index contributed by atoms with van der Waals surface area (Å²) in [5.41, 5.74) is 0. The van der Waals surface area contributed by atoms with E-state index in [-0.39, 0.29) is 25.7 Å². The zero-order chi connectivity index (χ0) is 78.5. The van der Waals surface area contributed by atoms with E-state index in [9.17, 15) is 43.2 Å². The highest BCUT2D eigenvalue weighted by molar-refractivity contribution is 7.47. The van der Waals surface area contributed by atoms with Gasteiger partial charge < -0.3 is 33.8 Å². The van der Waals surface area contributed by atoms with E-state index >= 15 is 0 Å². The second-order valence-electron chi connectivity index (χ2n) is 32.6. The van der Waals surface area contributed by atoms with Crippen LogP contribution >= 0.6 is 15.6 Å². The average molecular weight is 1560 g/mol. The minimum Gasteiger partial charge on any atom is -0.462 e. The Kier molecular flexibility index (Phi) is 77.9. The van der Waals surface area contributed by atoms with Gasteiger partial charge in [0.25, 0.3) is 0 Å². The van der Waals surface area contributed by atoms with Gasteiger partial charge in [-0.1, -0.05) is 420 Å². The van der Waals surface area contributed by atoms with E-state index in [0.717, 1.165) is 102 Å². The first-order valence-corrected chi connectivity index (χ1v) is 48.5. The maximum atomic E-state index is 13.2. The number of phosphoric acid groups is 2. The first-order chi connectivity index (χ1) is 51.9. The molecule has 107 heavy (non-hydrogen) atoms. The lowest BCUT2D eigenvalue weighted by molar-refractivity contribution is -0.161. The van der Waals surface area contributed by atoms with Crippen LogP contribution in [0.25, 0.3) is 0 Å². The second-order valence-corrected chi connectivity index (χ2v) is 35.5. The predicted molar refractivity (Wildman–Crippen MR) is 442 cm³/mol. The van der Waals surface area contributed by atoms with Gasteiger partial charge in [-0.15, -0.1) is 0 Å². The van der Waals surface area contributed by atoms with Crippen molar-refractivity contribution < 1.29 is 80.2 Å². The molecule has 0 fully saturated rings. The second kappa shape index (κ2) is 79.3. The number of carbonyl (C=O) groups excluding carboxylic acids is 4. The van der Waals surface area contributed by atoms with Crippen molar-refractivity contribution in [3.05, 3.63) is 0 Å². The van der Waals surface area contributed by atoms with Gasteiger partial charge in [-0.25, -0.2) is 9.13 Å². The van der Waals surface area contributed by atoms with E-state index < -0.39 is 97.5 Å². The molecule has 0 amide bonds. The largest absolute Gasteiger partial charge is 0.472 e. The molecule has 0 aliphatic carbocycles. The lowest BCUT2D eigenvalue weighted by Gasteiger charge is -2.21. The van der Waals surface area contributed by atoms with Gasteiger partial charge in [-0.3, -0.25) is 37.3 Å². The molecule has 17 nitrogen and oxygen atoms in total. The maximum absolute atomic E-state index is 13.2. The van der Waals surface area contributed by atoms with Gasteiger partial charge in [0, 0.05) is 25.7 Å². The summed E-state index contributed by atoms with van der Waals surface area (Å²) in [5.74, 6) is -0.501. The summed E-state index contributed by atoms with van der Waals surface area (Å²) in [6, 6.07) is 0. The van der Waals surface area contributed by atoms with Crippen molar-refractivity contribution in [2.45, 2.75) is 490 Å². The predicted octanol–water partition coefficient (Wildman–Crippen LogP) is 27.0. The molecule has 0 spiro atoms. The van der Waals surface area contributed by atoms with E-state index in [1.54, 1.807) is 0 Å². The number of unbranched alkanes of at least 4 members (excludes halogenated alkanes) is 57. The normalized spacial score (nSPS) is 13.8. The van der Waals surface area contributed by atoms with E-state index in [0.29, 0.717) is 25.7 Å². The summed E-state index contributed by atoms with van der Waals surface area (Å²) >= 11 is 0. The third-order valence-corrected chi connectivity index (χ3v) is 22.6. The van der Waals surface area contributed by atoms with Crippen LogP contribution in [0, 0.1) is 11.8 Å². The van der Waals surface area contributed by atoms with Gasteiger partial charge in [0.1, 0.15) is 19.3 Å². The molecule has 0 aromatic rings. The van der Waals surface area contributed by atoms with E-state index in [2.05, 4.69) is 41.5 Å². The van der Waals surface area contributed by atoms with Crippen molar-refractivity contribution >= 4 is 39.5 Å². The molecule has 0 aliphatic rings. The molecule has 5 atom stereocenters. The van der Waals surface area contributed by atoms with Crippen LogP contribution in [0.5, 0.6) is 0 Å². The van der Waals surface area contributed by atoms with E-state index in [1.807, 2.05) is 0 Å². The number of ether oxygens (including phenoxy) is 4. The highest BCUT2D eigenvalue weighted by Crippen LogP contribution is 2.45. The van der Waals surface area contributed by atoms with Gasteiger partial charge in [0.15, 0.2) is 12.2 Å². The molecule has 0 aliphatic heterocycles. The minimum atomic E-state index is -4.97. The third-order valence-electron chi connectivity index (χ3n) is 20.7. The molecule has 0 rings (SSSR count). The molecule has 0 radical (unpaired) electrons. The van der Waals surface area contributed by atoms with Crippen molar-refractivity contribution in [1.29, 1.82) is 0 Å². The first kappa shape index (κ1) is 105. The molecule has 0 aromatic heterocycles. The molecule has 636 valence electrons. The molecule has 0 saturated carbocycles. The smallest absolute Gasteiger partial charge is 0.462 e. The van der Waals surface area contributed by atoms with Gasteiger partial charge in [0.2, 0.25) is 0 Å². The Morgan fingerprint density at radius 2 is 0.430 bits per heavy atom. The number of hydrogen-bond acceptors (Lipinski definition) is 15. The Morgan fingerprint density at radius 1 is 0.252 bits per heavy atom. The Hall–Kier alpha value is -1.94. The SMILES string of the molecule is CCCCCCCCCCCCCCCCCCCCCC(=O)OC[C@H](COP(=O)(O)OC[C@@H](O)COP(=O)(O)OC[C@@H](COC(=O)CCCCCCCCCCCCCC)OC(=O)CCCCCCCCCCCCCCC(C)C)OC(=O)CCCCCCCCCCCCCCCCCCCCC(C)C. The van der Waals surface area contributed by atoms with Gasteiger partial charge in [0.05, 0.1) is 26.4 Å². The summed E-state index contributed by atoms with van der Waals surface area (Å²) in [5, 5.41) is 10.7. The number of rotatable bonds is 87. The molecule has 0 heterocycles. The Morgan fingerprint density at radius 3 is 0.636 bits per heavy atom. The monoisotopic (exact) mass is 1560 g/mol. The number of esters is 4. The maximum Gasteiger partial charge on any atom is 0.472 e. The van der Waals surface area contributed by atoms with Crippen LogP contribution in [-0.2, 0) is 65.4 Å². The van der Waals surface area contributed by atoms with Crippen LogP contribution in [0.1, 0.15) is 472 Å². The zero-order valence-corrected chi connectivity index (χ0v) is 72.2. The summed E-state index contributed by atoms with van der Waals surface area (Å²) in [4.78, 5) is 73.3. The number of phosphoric ester groups is 2. The summed E-state index contributed by atoms with van der Waals surface area (Å²) in [7, 11) is -9.93. The Bertz CT molecular complexity index is 2050. The highest BCUT2D eigenvalue weighted by Gasteiger charge is 2.30. The zero-order valence-electron chi connectivity index (χ0n) is 70.5. The lowest BCUT2D eigenvalue weighted by Crippen LogP contribution is -2.30. The van der Waals surface area contributed by atoms with Crippen molar-refractivity contribution in [3.8, 4) is 0 Å². The van der Waals surface area contributed by atoms with Crippen LogP contribution in [-0.4, -0.2) is 96.7 Å². The molecule has 3 N–H and O–H groups in total. The lowest BCUT2D eigenvalue weighted by atomic mass is 10.0. The number of aliphatic hydroxyl groups is 1. The van der Waals surface area contributed by atoms with Crippen molar-refractivity contribution in [2.75, 3.05) is 39.6 Å². The summed E-state index contributed by atoms with van der Waals surface area (Å²) < 4.78 is 69.0. The average Bonchev–Trinajstić information content (AvgIpc) is 0.902. The van der Waals surface area contributed by atoms with Crippen molar-refractivity contribution in [1.82, 2.24) is 0 Å². The molecule has 0 aromatic carbocycles. The van der Waals surface area contributed by atoms with Crippen LogP contribution < -0.4 is 0 Å². The van der Waals surface area contributed by atoms with Crippen LogP contribution in [0.15, 0.2) is 0 Å². The fraction of sp³-hybridized carbons (Fsp3) is 0.955. The number of carbonyl (C=O) groups is 4. The van der Waals surface area contributed by atoms with Crippen molar-refractivity contribution in [3.63, 3.8) is 0 Å². The van der Waals surface area contributed by atoms with E-state index in [4.69, 9.17) is 37.0 Å². The molecule has 0 bridgehead atoms. The van der Waals surface area contributed by atoms with Crippen LogP contribution in [0.2, 0.25) is 0 Å². The fourth-order valence-corrected chi connectivity index (χ4v) is 15.4. The first-order valence-electron chi connectivity index (χ1n) is 45.5. The van der Waals surface area contributed by atoms with Gasteiger partial charge in [-0.2, -0.15) is 0 Å². The fourth-order valence-electron chi connectivity index (χ4n) is 13.8. The van der Waals surface area contributed by atoms with Crippen molar-refractivity contribution in [2.24, 2.45) is 11.8 Å². The van der Waals surface area contributed by atoms with Gasteiger partial charge in [-0.05, 0) is 37.5 Å². The Labute approximate surface area is 658 Å². The van der Waals surface area contributed by atoms with E-state index in [1.165, 1.54) is 289 Å². The summed E-state index contributed by atoms with van der Waals surface area (Å²) in [6.45, 7) is 9.73. The Balaban J connectivity index is 5.24. The molecule has 0 saturated heterocycles. The third kappa shape index (κ3) is 81.9. The quantitative estimate of drug-likeness (QED) is 0.0222. The topological polar surface area (TPSA) is 237 Å². The standard InChI is InChI=1S/C88H172O17P2/c1-7-9-11-13-15-17-19-21-22-23-24-28-31-34-41-47-53-59-65-71-86(91)99-77-84(104-87(92)72-66-60-54-48-42-35-32-29-26-25-27-30-33-38-44-50-56-62-68-80(3)4)79-103-107(96,97)101-75-82(89)74-100-106(94,95)102-78-83(76-98-85(90)70-64-58-52-46-40-20-18-16-14-12-10-8-2)105-88(93)73-67-61-55-49-43-37-36-39-45-51-57-63-69-81(5)6/h80-84,89H,7-79H2,1-6H3,(H,94,95)(H,96,97)/t82-,83+,84+/m0/s1. The molecule has 19 heteroatoms. The molecular formula is C88H172O17P2.